The van der Waals surface area contributed by atoms with E-state index < -0.39 is 0 Å². The third kappa shape index (κ3) is 4.59. The molecule has 2 aromatic rings. The van der Waals surface area contributed by atoms with E-state index in [0.717, 1.165) is 15.7 Å². The summed E-state index contributed by atoms with van der Waals surface area (Å²) in [6.45, 7) is 2.04. The molecule has 21 heavy (non-hydrogen) atoms. The molecule has 1 amide bonds. The minimum Gasteiger partial charge on any atom is -0.496 e. The largest absolute Gasteiger partial charge is 0.496 e. The van der Waals surface area contributed by atoms with Gasteiger partial charge in [-0.2, -0.15) is 0 Å². The van der Waals surface area contributed by atoms with Crippen molar-refractivity contribution < 1.29 is 9.53 Å². The summed E-state index contributed by atoms with van der Waals surface area (Å²) in [4.78, 5) is 12.1. The fraction of sp³-hybridized carbons (Fsp3) is 0.308. The average molecular weight is 344 g/mol. The molecule has 0 saturated heterocycles. The smallest absolute Gasteiger partial charge is 0.230 e. The number of methoxy groups -OCH3 is 1. The Kier molecular flexibility index (Phi) is 5.84. The molecule has 0 atom stereocenters. The van der Waals surface area contributed by atoms with Crippen molar-refractivity contribution in [2.24, 2.45) is 0 Å². The van der Waals surface area contributed by atoms with Crippen molar-refractivity contribution in [3.63, 3.8) is 0 Å². The number of hydrogen-bond donors (Lipinski definition) is 1. The molecule has 0 aliphatic heterocycles. The van der Waals surface area contributed by atoms with Crippen molar-refractivity contribution in [1.82, 2.24) is 10.2 Å². The van der Waals surface area contributed by atoms with Gasteiger partial charge in [0, 0.05) is 10.6 Å². The monoisotopic (exact) mass is 343 g/mol. The Morgan fingerprint density at radius 1 is 1.48 bits per heavy atom. The van der Waals surface area contributed by atoms with Gasteiger partial charge >= 0.3 is 0 Å². The molecule has 0 unspecified atom stereocenters. The molecule has 5 nitrogen and oxygen atoms in total. The van der Waals surface area contributed by atoms with Gasteiger partial charge in [0.15, 0.2) is 4.34 Å². The number of benzene rings is 1. The number of ether oxygens (including phenoxy) is 1. The Morgan fingerprint density at radius 2 is 2.29 bits per heavy atom. The van der Waals surface area contributed by atoms with Gasteiger partial charge in [-0.1, -0.05) is 41.6 Å². The summed E-state index contributed by atoms with van der Waals surface area (Å²) in [5.74, 6) is 1.37. The second-order valence-corrected chi connectivity index (χ2v) is 6.91. The Morgan fingerprint density at radius 3 is 3.00 bits per heavy atom. The van der Waals surface area contributed by atoms with E-state index in [4.69, 9.17) is 16.3 Å². The lowest BCUT2D eigenvalue weighted by atomic mass is 10.1. The van der Waals surface area contributed by atoms with Crippen LogP contribution in [0.1, 0.15) is 12.5 Å². The summed E-state index contributed by atoms with van der Waals surface area (Å²) in [5.41, 5.74) is 0.732. The van der Waals surface area contributed by atoms with Gasteiger partial charge in [-0.15, -0.1) is 10.2 Å². The fourth-order valence-electron chi connectivity index (χ4n) is 1.66. The number of halogens is 1. The molecule has 2 rings (SSSR count). The number of thioether (sulfide) groups is 1. The van der Waals surface area contributed by atoms with Crippen molar-refractivity contribution in [3.8, 4) is 5.75 Å². The molecule has 0 saturated carbocycles. The first-order chi connectivity index (χ1) is 10.1. The van der Waals surface area contributed by atoms with Crippen molar-refractivity contribution in [3.05, 3.63) is 28.8 Å². The van der Waals surface area contributed by atoms with Crippen LogP contribution in [-0.4, -0.2) is 29.0 Å². The van der Waals surface area contributed by atoms with E-state index in [1.54, 1.807) is 37.1 Å². The van der Waals surface area contributed by atoms with Gasteiger partial charge in [-0.25, -0.2) is 0 Å². The molecule has 1 aromatic heterocycles. The number of carbonyl (C=O) groups is 1. The molecular weight excluding hydrogens is 330 g/mol. The van der Waals surface area contributed by atoms with Crippen LogP contribution in [-0.2, 0) is 11.2 Å². The number of nitrogens with zero attached hydrogens (tertiary/aromatic N) is 2. The lowest BCUT2D eigenvalue weighted by Crippen LogP contribution is -2.14. The first kappa shape index (κ1) is 16.1. The molecule has 0 bridgehead atoms. The van der Waals surface area contributed by atoms with Gasteiger partial charge in [-0.3, -0.25) is 4.79 Å². The minimum atomic E-state index is -0.181. The third-order valence-electron chi connectivity index (χ3n) is 2.51. The van der Waals surface area contributed by atoms with E-state index in [-0.39, 0.29) is 12.3 Å². The van der Waals surface area contributed by atoms with Crippen LogP contribution in [0.5, 0.6) is 5.75 Å². The van der Waals surface area contributed by atoms with Crippen LogP contribution in [0.4, 0.5) is 5.13 Å². The lowest BCUT2D eigenvalue weighted by Gasteiger charge is -2.08. The predicted molar refractivity (Wildman–Crippen MR) is 86.6 cm³/mol. The number of hydrogen-bond acceptors (Lipinski definition) is 6. The summed E-state index contributed by atoms with van der Waals surface area (Å²) in [6, 6.07) is 5.19. The topological polar surface area (TPSA) is 64.1 Å². The highest BCUT2D eigenvalue weighted by Crippen LogP contribution is 2.26. The Hall–Kier alpha value is -1.31. The quantitative estimate of drug-likeness (QED) is 0.642. The molecule has 0 spiro atoms. The van der Waals surface area contributed by atoms with E-state index in [9.17, 15) is 4.79 Å². The van der Waals surface area contributed by atoms with Gasteiger partial charge in [0.1, 0.15) is 5.75 Å². The Balaban J connectivity index is 2.02. The summed E-state index contributed by atoms with van der Waals surface area (Å²) in [5, 5.41) is 11.7. The molecule has 1 aromatic carbocycles. The first-order valence-corrected chi connectivity index (χ1v) is 8.39. The maximum atomic E-state index is 12.1. The molecule has 1 N–H and O–H groups in total. The molecular formula is C13H14ClN3O2S2. The van der Waals surface area contributed by atoms with Crippen LogP contribution in [0.3, 0.4) is 0 Å². The zero-order chi connectivity index (χ0) is 15.2. The van der Waals surface area contributed by atoms with Crippen LogP contribution in [0.2, 0.25) is 5.02 Å². The number of anilines is 1. The Bertz CT molecular complexity index is 634. The van der Waals surface area contributed by atoms with Crippen molar-refractivity contribution in [1.29, 1.82) is 0 Å². The van der Waals surface area contributed by atoms with Gasteiger partial charge < -0.3 is 10.1 Å². The van der Waals surface area contributed by atoms with Crippen molar-refractivity contribution in [2.75, 3.05) is 18.2 Å². The van der Waals surface area contributed by atoms with E-state index in [1.165, 1.54) is 11.3 Å². The first-order valence-electron chi connectivity index (χ1n) is 6.21. The van der Waals surface area contributed by atoms with E-state index in [2.05, 4.69) is 15.5 Å². The highest BCUT2D eigenvalue weighted by Gasteiger charge is 2.12. The van der Waals surface area contributed by atoms with Crippen molar-refractivity contribution in [2.45, 2.75) is 17.7 Å². The molecule has 1 heterocycles. The van der Waals surface area contributed by atoms with E-state index >= 15 is 0 Å². The highest BCUT2D eigenvalue weighted by atomic mass is 35.5. The molecule has 8 heteroatoms. The van der Waals surface area contributed by atoms with Gasteiger partial charge in [0.2, 0.25) is 11.0 Å². The molecule has 0 aliphatic rings. The normalized spacial score (nSPS) is 10.4. The third-order valence-corrected chi connectivity index (χ3v) is 4.60. The van der Waals surface area contributed by atoms with Gasteiger partial charge in [0.25, 0.3) is 0 Å². The standard InChI is InChI=1S/C13H14ClN3O2S2/c1-3-20-13-17-16-12(21-13)15-11(18)7-8-6-9(14)4-5-10(8)19-2/h4-6H,3,7H2,1-2H3,(H,15,16,18). The fourth-order valence-corrected chi connectivity index (χ4v) is 3.52. The van der Waals surface area contributed by atoms with E-state index in [0.29, 0.717) is 15.9 Å². The van der Waals surface area contributed by atoms with Gasteiger partial charge in [-0.05, 0) is 24.0 Å². The van der Waals surface area contributed by atoms with Gasteiger partial charge in [0.05, 0.1) is 13.5 Å². The number of rotatable bonds is 6. The summed E-state index contributed by atoms with van der Waals surface area (Å²) >= 11 is 8.90. The zero-order valence-corrected chi connectivity index (χ0v) is 13.9. The molecule has 0 aliphatic carbocycles. The maximum Gasteiger partial charge on any atom is 0.230 e. The number of amides is 1. The van der Waals surface area contributed by atoms with Crippen LogP contribution in [0.25, 0.3) is 0 Å². The summed E-state index contributed by atoms with van der Waals surface area (Å²) in [7, 11) is 1.56. The zero-order valence-electron chi connectivity index (χ0n) is 11.6. The highest BCUT2D eigenvalue weighted by molar-refractivity contribution is 8.01. The average Bonchev–Trinajstić information content (AvgIpc) is 2.86. The second kappa shape index (κ2) is 7.63. The SMILES string of the molecule is CCSc1nnc(NC(=O)Cc2cc(Cl)ccc2OC)s1. The van der Waals surface area contributed by atoms with Crippen LogP contribution < -0.4 is 10.1 Å². The maximum absolute atomic E-state index is 12.1. The van der Waals surface area contributed by atoms with Crippen LogP contribution in [0.15, 0.2) is 22.5 Å². The molecule has 0 fully saturated rings. The van der Waals surface area contributed by atoms with E-state index in [1.807, 2.05) is 6.92 Å². The minimum absolute atomic E-state index is 0.166. The molecule has 112 valence electrons. The summed E-state index contributed by atoms with van der Waals surface area (Å²) < 4.78 is 6.06. The number of nitrogens with one attached hydrogen (secondary N) is 1. The second-order valence-electron chi connectivity index (χ2n) is 3.99. The number of carbonyl (C=O) groups excluding carboxylic acids is 1. The lowest BCUT2D eigenvalue weighted by molar-refractivity contribution is -0.115. The predicted octanol–water partition coefficient (Wildman–Crippen LogP) is 3.49. The number of aromatic nitrogens is 2. The Labute approximate surface area is 136 Å². The molecule has 0 radical (unpaired) electrons. The van der Waals surface area contributed by atoms with Crippen molar-refractivity contribution >= 4 is 45.7 Å². The summed E-state index contributed by atoms with van der Waals surface area (Å²) in [6.07, 6.45) is 0.166. The van der Waals surface area contributed by atoms with Crippen LogP contribution in [0, 0.1) is 0 Å². The van der Waals surface area contributed by atoms with Crippen LogP contribution >= 0.6 is 34.7 Å².